The number of rotatable bonds is 8. The summed E-state index contributed by atoms with van der Waals surface area (Å²) in [5, 5.41) is 3.38. The smallest absolute Gasteiger partial charge is 0.0312 e. The molecule has 0 unspecified atom stereocenters. The lowest BCUT2D eigenvalue weighted by atomic mass is 10.2. The van der Waals surface area contributed by atoms with Crippen molar-refractivity contribution in [3.05, 3.63) is 11.9 Å². The highest BCUT2D eigenvalue weighted by molar-refractivity contribution is 4.96. The maximum atomic E-state index is 5.22. The van der Waals surface area contributed by atoms with Crippen molar-refractivity contribution in [2.75, 3.05) is 6.54 Å². The fourth-order valence-electron chi connectivity index (χ4n) is 1.21. The van der Waals surface area contributed by atoms with E-state index in [0.717, 1.165) is 19.4 Å². The van der Waals surface area contributed by atoms with E-state index in [9.17, 15) is 0 Å². The first-order chi connectivity index (χ1) is 7.35. The normalized spacial score (nSPS) is 10.3. The second-order valence-corrected chi connectivity index (χ2v) is 3.22. The van der Waals surface area contributed by atoms with Gasteiger partial charge in [-0.15, -0.1) is 0 Å². The maximum absolute atomic E-state index is 5.22. The summed E-state index contributed by atoms with van der Waals surface area (Å²) in [6, 6.07) is 0. The van der Waals surface area contributed by atoms with Crippen molar-refractivity contribution in [3.8, 4) is 0 Å². The Morgan fingerprint density at radius 1 is 1.13 bits per heavy atom. The van der Waals surface area contributed by atoms with Crippen molar-refractivity contribution >= 4 is 0 Å². The third-order valence-corrected chi connectivity index (χ3v) is 1.91. The van der Waals surface area contributed by atoms with Crippen LogP contribution in [0, 0.1) is 0 Å². The summed E-state index contributed by atoms with van der Waals surface area (Å²) in [6.45, 7) is 9.43. The molecule has 0 aromatic carbocycles. The van der Waals surface area contributed by atoms with E-state index in [4.69, 9.17) is 5.84 Å². The van der Waals surface area contributed by atoms with Gasteiger partial charge >= 0.3 is 0 Å². The molecule has 0 radical (unpaired) electrons. The van der Waals surface area contributed by atoms with Crippen LogP contribution in [-0.4, -0.2) is 6.54 Å². The van der Waals surface area contributed by atoms with Gasteiger partial charge in [-0.2, -0.15) is 0 Å². The summed E-state index contributed by atoms with van der Waals surface area (Å²) in [5.74, 6) is 5.22. The van der Waals surface area contributed by atoms with Crippen molar-refractivity contribution in [1.29, 1.82) is 0 Å². The van der Waals surface area contributed by atoms with Crippen LogP contribution in [0.3, 0.4) is 0 Å². The lowest BCUT2D eigenvalue weighted by Crippen LogP contribution is -2.21. The molecule has 3 nitrogen and oxygen atoms in total. The van der Waals surface area contributed by atoms with Crippen LogP contribution in [0.25, 0.3) is 0 Å². The van der Waals surface area contributed by atoms with Crippen molar-refractivity contribution in [1.82, 2.24) is 10.7 Å². The van der Waals surface area contributed by atoms with Crippen LogP contribution in [0.2, 0.25) is 0 Å². The van der Waals surface area contributed by atoms with E-state index in [2.05, 4.69) is 24.6 Å². The first-order valence-corrected chi connectivity index (χ1v) is 6.24. The van der Waals surface area contributed by atoms with Crippen LogP contribution < -0.4 is 16.6 Å². The summed E-state index contributed by atoms with van der Waals surface area (Å²) in [7, 11) is 0. The molecule has 92 valence electrons. The van der Waals surface area contributed by atoms with Gasteiger partial charge in [0.05, 0.1) is 0 Å². The first-order valence-electron chi connectivity index (χ1n) is 6.24. The van der Waals surface area contributed by atoms with Crippen LogP contribution in [-0.2, 0) is 0 Å². The molecule has 0 aromatic rings. The van der Waals surface area contributed by atoms with E-state index in [0.29, 0.717) is 0 Å². The molecule has 0 aliphatic rings. The highest BCUT2D eigenvalue weighted by Gasteiger charge is 1.93. The monoisotopic (exact) mass is 215 g/mol. The number of hydrogen-bond acceptors (Lipinski definition) is 3. The van der Waals surface area contributed by atoms with Gasteiger partial charge in [0.2, 0.25) is 0 Å². The Morgan fingerprint density at radius 2 is 1.80 bits per heavy atom. The Hall–Kier alpha value is -0.700. The molecule has 0 heterocycles. The molecule has 0 saturated heterocycles. The zero-order chi connectivity index (χ0) is 11.9. The SMILES string of the molecule is CC.CCCCCN/C(=C\NN)CCC. The number of hydrogen-bond donors (Lipinski definition) is 3. The van der Waals surface area contributed by atoms with Gasteiger partial charge in [0, 0.05) is 18.4 Å². The van der Waals surface area contributed by atoms with E-state index in [1.165, 1.54) is 25.0 Å². The number of allylic oxidation sites excluding steroid dienone is 1. The van der Waals surface area contributed by atoms with Crippen LogP contribution in [0.4, 0.5) is 0 Å². The first kappa shape index (κ1) is 16.7. The molecule has 0 saturated carbocycles. The number of hydrazine groups is 1. The molecular weight excluding hydrogens is 186 g/mol. The van der Waals surface area contributed by atoms with Gasteiger partial charge in [-0.25, -0.2) is 0 Å². The average Bonchev–Trinajstić information content (AvgIpc) is 2.28. The third kappa shape index (κ3) is 13.3. The van der Waals surface area contributed by atoms with E-state index >= 15 is 0 Å². The molecule has 0 aromatic heterocycles. The van der Waals surface area contributed by atoms with Crippen LogP contribution in [0.15, 0.2) is 11.9 Å². The van der Waals surface area contributed by atoms with Crippen LogP contribution in [0.1, 0.15) is 59.8 Å². The molecule has 0 rings (SSSR count). The minimum Gasteiger partial charge on any atom is -0.387 e. The zero-order valence-corrected chi connectivity index (χ0v) is 10.9. The Balaban J connectivity index is 0. The Kier molecular flexibility index (Phi) is 17.6. The Morgan fingerprint density at radius 3 is 2.27 bits per heavy atom. The van der Waals surface area contributed by atoms with Gasteiger partial charge in [-0.3, -0.25) is 5.84 Å². The zero-order valence-electron chi connectivity index (χ0n) is 10.9. The van der Waals surface area contributed by atoms with Gasteiger partial charge in [-0.1, -0.05) is 47.0 Å². The predicted molar refractivity (Wildman–Crippen MR) is 69.2 cm³/mol. The van der Waals surface area contributed by atoms with Crippen molar-refractivity contribution < 1.29 is 0 Å². The number of nitrogens with two attached hydrogens (primary N) is 1. The Bertz CT molecular complexity index is 133. The van der Waals surface area contributed by atoms with Gasteiger partial charge in [-0.05, 0) is 12.8 Å². The maximum Gasteiger partial charge on any atom is 0.0312 e. The molecule has 0 aliphatic carbocycles. The summed E-state index contributed by atoms with van der Waals surface area (Å²) < 4.78 is 0. The second-order valence-electron chi connectivity index (χ2n) is 3.22. The molecule has 0 atom stereocenters. The lowest BCUT2D eigenvalue weighted by molar-refractivity contribution is 0.643. The van der Waals surface area contributed by atoms with Crippen molar-refractivity contribution in [3.63, 3.8) is 0 Å². The minimum atomic E-state index is 1.06. The molecular formula is C12H29N3. The van der Waals surface area contributed by atoms with E-state index in [1.54, 1.807) is 0 Å². The summed E-state index contributed by atoms with van der Waals surface area (Å²) in [5.41, 5.74) is 3.78. The second kappa shape index (κ2) is 15.8. The largest absolute Gasteiger partial charge is 0.387 e. The van der Waals surface area contributed by atoms with Crippen LogP contribution >= 0.6 is 0 Å². The molecule has 0 bridgehead atoms. The van der Waals surface area contributed by atoms with E-state index < -0.39 is 0 Å². The lowest BCUT2D eigenvalue weighted by Gasteiger charge is -2.09. The summed E-state index contributed by atoms with van der Waals surface area (Å²) in [6.07, 6.45) is 7.86. The van der Waals surface area contributed by atoms with Gasteiger partial charge in [0.25, 0.3) is 0 Å². The summed E-state index contributed by atoms with van der Waals surface area (Å²) >= 11 is 0. The standard InChI is InChI=1S/C10H23N3.C2H6/c1-3-5-6-8-12-10(7-4-2)9-13-11;1-2/h9,12-13H,3-8,11H2,1-2H3;1-2H3/b10-9-;. The Labute approximate surface area is 95.5 Å². The summed E-state index contributed by atoms with van der Waals surface area (Å²) in [4.78, 5) is 0. The average molecular weight is 215 g/mol. The van der Waals surface area contributed by atoms with Crippen molar-refractivity contribution in [2.45, 2.75) is 59.8 Å². The molecule has 0 fully saturated rings. The third-order valence-electron chi connectivity index (χ3n) is 1.91. The highest BCUT2D eigenvalue weighted by Crippen LogP contribution is 2.00. The molecule has 0 spiro atoms. The highest BCUT2D eigenvalue weighted by atomic mass is 15.2. The topological polar surface area (TPSA) is 50.1 Å². The predicted octanol–water partition coefficient (Wildman–Crippen LogP) is 2.90. The van der Waals surface area contributed by atoms with Crippen molar-refractivity contribution in [2.24, 2.45) is 5.84 Å². The minimum absolute atomic E-state index is 1.06. The molecule has 15 heavy (non-hydrogen) atoms. The molecule has 3 heteroatoms. The van der Waals surface area contributed by atoms with Gasteiger partial charge < -0.3 is 10.7 Å². The quantitative estimate of drug-likeness (QED) is 0.331. The molecule has 4 N–H and O–H groups in total. The fraction of sp³-hybridized carbons (Fsp3) is 0.833. The van der Waals surface area contributed by atoms with E-state index in [-0.39, 0.29) is 0 Å². The van der Waals surface area contributed by atoms with Crippen LogP contribution in [0.5, 0.6) is 0 Å². The molecule has 0 amide bonds. The number of nitrogens with one attached hydrogen (secondary N) is 2. The molecule has 0 aliphatic heterocycles. The fourth-order valence-corrected chi connectivity index (χ4v) is 1.21. The van der Waals surface area contributed by atoms with Gasteiger partial charge in [0.1, 0.15) is 0 Å². The number of unbranched alkanes of at least 4 members (excludes halogenated alkanes) is 2. The van der Waals surface area contributed by atoms with Gasteiger partial charge in [0.15, 0.2) is 0 Å². The van der Waals surface area contributed by atoms with E-state index in [1.807, 2.05) is 20.0 Å².